The standard InChI is InChI=1S/C25H23BrN2O3/c26-19-8-4-7-16(12-19)20(13-21(29)27-14-15-5-2-1-3-6-15)28-24(30)22-17-9-10-18(11-17)23(22)25(28)31/h1-10,12,17-18,20,22-23H,11,13-14H2,(H,27,29). The second-order valence-corrected chi connectivity index (χ2v) is 9.50. The van der Waals surface area contributed by atoms with Crippen molar-refractivity contribution < 1.29 is 14.4 Å². The van der Waals surface area contributed by atoms with E-state index in [4.69, 9.17) is 0 Å². The van der Waals surface area contributed by atoms with Gasteiger partial charge in [0.2, 0.25) is 17.7 Å². The van der Waals surface area contributed by atoms with E-state index in [9.17, 15) is 14.4 Å². The van der Waals surface area contributed by atoms with Crippen LogP contribution in [0.1, 0.15) is 30.0 Å². The predicted octanol–water partition coefficient (Wildman–Crippen LogP) is 4.00. The number of carbonyl (C=O) groups is 3. The highest BCUT2D eigenvalue weighted by molar-refractivity contribution is 9.10. The summed E-state index contributed by atoms with van der Waals surface area (Å²) >= 11 is 3.48. The van der Waals surface area contributed by atoms with E-state index in [1.165, 1.54) is 4.90 Å². The van der Waals surface area contributed by atoms with Crippen molar-refractivity contribution in [2.24, 2.45) is 23.7 Å². The van der Waals surface area contributed by atoms with Crippen molar-refractivity contribution in [3.8, 4) is 0 Å². The summed E-state index contributed by atoms with van der Waals surface area (Å²) in [7, 11) is 0. The molecule has 5 atom stereocenters. The van der Waals surface area contributed by atoms with Crippen molar-refractivity contribution in [2.75, 3.05) is 0 Å². The maximum Gasteiger partial charge on any atom is 0.234 e. The Balaban J connectivity index is 1.40. The number of imide groups is 1. The molecule has 5 unspecified atom stereocenters. The van der Waals surface area contributed by atoms with Crippen molar-refractivity contribution in [1.29, 1.82) is 0 Å². The Morgan fingerprint density at radius 1 is 1.00 bits per heavy atom. The Labute approximate surface area is 189 Å². The van der Waals surface area contributed by atoms with Gasteiger partial charge in [0.05, 0.1) is 24.3 Å². The summed E-state index contributed by atoms with van der Waals surface area (Å²) in [6, 6.07) is 16.6. The summed E-state index contributed by atoms with van der Waals surface area (Å²) in [6.45, 7) is 0.409. The van der Waals surface area contributed by atoms with E-state index in [1.54, 1.807) is 0 Å². The molecule has 0 spiro atoms. The second-order valence-electron chi connectivity index (χ2n) is 8.58. The van der Waals surface area contributed by atoms with Crippen LogP contribution >= 0.6 is 15.9 Å². The number of rotatable bonds is 6. The lowest BCUT2D eigenvalue weighted by Crippen LogP contribution is -2.39. The first-order chi connectivity index (χ1) is 15.0. The highest BCUT2D eigenvalue weighted by Gasteiger charge is 2.60. The van der Waals surface area contributed by atoms with Gasteiger partial charge >= 0.3 is 0 Å². The van der Waals surface area contributed by atoms with Crippen LogP contribution < -0.4 is 5.32 Å². The third-order valence-corrected chi connectivity index (χ3v) is 7.25. The van der Waals surface area contributed by atoms with Crippen molar-refractivity contribution in [1.82, 2.24) is 10.2 Å². The fraction of sp³-hybridized carbons (Fsp3) is 0.320. The molecule has 2 aromatic carbocycles. The maximum atomic E-state index is 13.4. The normalized spacial score (nSPS) is 26.9. The van der Waals surface area contributed by atoms with Crippen LogP contribution in [-0.4, -0.2) is 22.6 Å². The van der Waals surface area contributed by atoms with Gasteiger partial charge in [0.1, 0.15) is 0 Å². The Morgan fingerprint density at radius 2 is 1.68 bits per heavy atom. The predicted molar refractivity (Wildman–Crippen MR) is 119 cm³/mol. The van der Waals surface area contributed by atoms with E-state index >= 15 is 0 Å². The molecule has 1 heterocycles. The minimum atomic E-state index is -0.613. The van der Waals surface area contributed by atoms with Gasteiger partial charge in [-0.2, -0.15) is 0 Å². The molecule has 0 aromatic heterocycles. The number of likely N-dealkylation sites (tertiary alicyclic amines) is 1. The highest BCUT2D eigenvalue weighted by Crippen LogP contribution is 2.54. The van der Waals surface area contributed by atoms with Crippen LogP contribution in [0.2, 0.25) is 0 Å². The first kappa shape index (κ1) is 20.2. The van der Waals surface area contributed by atoms with Gasteiger partial charge < -0.3 is 5.32 Å². The highest BCUT2D eigenvalue weighted by atomic mass is 79.9. The maximum absolute atomic E-state index is 13.4. The fourth-order valence-corrected chi connectivity index (χ4v) is 5.77. The average Bonchev–Trinajstić information content (AvgIpc) is 3.45. The van der Waals surface area contributed by atoms with Crippen molar-refractivity contribution in [2.45, 2.75) is 25.4 Å². The summed E-state index contributed by atoms with van der Waals surface area (Å²) < 4.78 is 0.848. The van der Waals surface area contributed by atoms with E-state index in [2.05, 4.69) is 33.4 Å². The van der Waals surface area contributed by atoms with Gasteiger partial charge in [-0.1, -0.05) is 70.5 Å². The lowest BCUT2D eigenvalue weighted by Gasteiger charge is -2.28. The molecule has 1 N–H and O–H groups in total. The minimum absolute atomic E-state index is 0.0446. The van der Waals surface area contributed by atoms with Crippen LogP contribution in [0.15, 0.2) is 71.2 Å². The van der Waals surface area contributed by atoms with Gasteiger partial charge in [0.15, 0.2) is 0 Å². The van der Waals surface area contributed by atoms with Gasteiger partial charge in [-0.25, -0.2) is 0 Å². The van der Waals surface area contributed by atoms with Gasteiger partial charge in [-0.05, 0) is 41.5 Å². The van der Waals surface area contributed by atoms with E-state index in [0.29, 0.717) is 6.54 Å². The minimum Gasteiger partial charge on any atom is -0.352 e. The smallest absolute Gasteiger partial charge is 0.234 e. The molecule has 1 saturated heterocycles. The molecule has 2 aliphatic carbocycles. The molecule has 0 radical (unpaired) electrons. The number of carbonyl (C=O) groups excluding carboxylic acids is 3. The first-order valence-electron chi connectivity index (χ1n) is 10.6. The molecule has 2 fully saturated rings. The molecule has 2 aromatic rings. The van der Waals surface area contributed by atoms with E-state index in [0.717, 1.165) is 22.0 Å². The molecule has 5 rings (SSSR count). The number of benzene rings is 2. The first-order valence-corrected chi connectivity index (χ1v) is 11.4. The summed E-state index contributed by atoms with van der Waals surface area (Å²) in [6.07, 6.45) is 5.10. The number of nitrogens with one attached hydrogen (secondary N) is 1. The zero-order valence-electron chi connectivity index (χ0n) is 16.9. The van der Waals surface area contributed by atoms with Gasteiger partial charge in [-0.3, -0.25) is 19.3 Å². The molecule has 1 saturated carbocycles. The number of halogens is 1. The number of nitrogens with zero attached hydrogens (tertiary/aromatic N) is 1. The topological polar surface area (TPSA) is 66.5 Å². The quantitative estimate of drug-likeness (QED) is 0.503. The number of fused-ring (bicyclic) bond motifs is 5. The van der Waals surface area contributed by atoms with Gasteiger partial charge in [0, 0.05) is 11.0 Å². The molecular weight excluding hydrogens is 456 g/mol. The summed E-state index contributed by atoms with van der Waals surface area (Å²) in [5.74, 6) is -0.708. The number of allylic oxidation sites excluding steroid dienone is 2. The molecule has 158 valence electrons. The third kappa shape index (κ3) is 3.63. The van der Waals surface area contributed by atoms with Crippen molar-refractivity contribution >= 4 is 33.7 Å². The average molecular weight is 479 g/mol. The Kier molecular flexibility index (Phi) is 5.26. The number of hydrogen-bond acceptors (Lipinski definition) is 3. The van der Waals surface area contributed by atoms with Gasteiger partial charge in [-0.15, -0.1) is 0 Å². The summed E-state index contributed by atoms with van der Waals surface area (Å²) in [5.41, 5.74) is 1.78. The summed E-state index contributed by atoms with van der Waals surface area (Å²) in [4.78, 5) is 41.0. The van der Waals surface area contributed by atoms with Crippen molar-refractivity contribution in [3.05, 3.63) is 82.3 Å². The lowest BCUT2D eigenvalue weighted by molar-refractivity contribution is -0.144. The van der Waals surface area contributed by atoms with Crippen LogP contribution in [0.25, 0.3) is 0 Å². The van der Waals surface area contributed by atoms with Crippen LogP contribution in [0, 0.1) is 23.7 Å². The zero-order chi connectivity index (χ0) is 21.5. The van der Waals surface area contributed by atoms with E-state index in [1.807, 2.05) is 54.6 Å². The fourth-order valence-electron chi connectivity index (χ4n) is 5.35. The van der Waals surface area contributed by atoms with E-state index in [-0.39, 0.29) is 47.8 Å². The Morgan fingerprint density at radius 3 is 2.32 bits per heavy atom. The second kappa shape index (κ2) is 8.08. The number of amides is 3. The molecule has 1 aliphatic heterocycles. The molecular formula is C25H23BrN2O3. The summed E-state index contributed by atoms with van der Waals surface area (Å²) in [5, 5.41) is 2.93. The van der Waals surface area contributed by atoms with E-state index < -0.39 is 6.04 Å². The van der Waals surface area contributed by atoms with Crippen molar-refractivity contribution in [3.63, 3.8) is 0 Å². The Bertz CT molecular complexity index is 1040. The lowest BCUT2D eigenvalue weighted by atomic mass is 9.85. The molecule has 31 heavy (non-hydrogen) atoms. The Hall–Kier alpha value is -2.73. The van der Waals surface area contributed by atoms with Gasteiger partial charge in [0.25, 0.3) is 0 Å². The molecule has 2 bridgehead atoms. The van der Waals surface area contributed by atoms with Crippen LogP contribution in [0.3, 0.4) is 0 Å². The molecule has 3 aliphatic rings. The van der Waals surface area contributed by atoms with Crippen LogP contribution in [0.5, 0.6) is 0 Å². The van der Waals surface area contributed by atoms with Crippen LogP contribution in [-0.2, 0) is 20.9 Å². The van der Waals surface area contributed by atoms with Crippen LogP contribution in [0.4, 0.5) is 0 Å². The zero-order valence-corrected chi connectivity index (χ0v) is 18.5. The molecule has 5 nitrogen and oxygen atoms in total. The molecule has 3 amide bonds. The molecule has 6 heteroatoms. The largest absolute Gasteiger partial charge is 0.352 e. The monoisotopic (exact) mass is 478 g/mol. The number of hydrogen-bond donors (Lipinski definition) is 1. The SMILES string of the molecule is O=C(CC(c1cccc(Br)c1)N1C(=O)C2C3C=CC(C3)C2C1=O)NCc1ccccc1. The third-order valence-electron chi connectivity index (χ3n) is 6.76.